The van der Waals surface area contributed by atoms with Gasteiger partial charge in [-0.3, -0.25) is 4.79 Å². The van der Waals surface area contributed by atoms with Gasteiger partial charge in [-0.25, -0.2) is 4.79 Å². The summed E-state index contributed by atoms with van der Waals surface area (Å²) >= 11 is 3.06. The SMILES string of the molecule is CC.N#Cc1ccc(Cn2cc(Br)c(=O)c(C(=O)O)c2)cc1. The van der Waals surface area contributed by atoms with E-state index >= 15 is 0 Å². The average molecular weight is 363 g/mol. The van der Waals surface area contributed by atoms with Gasteiger partial charge in [0, 0.05) is 18.9 Å². The van der Waals surface area contributed by atoms with Crippen LogP contribution in [0, 0.1) is 11.3 Å². The summed E-state index contributed by atoms with van der Waals surface area (Å²) in [7, 11) is 0. The van der Waals surface area contributed by atoms with E-state index in [2.05, 4.69) is 15.9 Å². The lowest BCUT2D eigenvalue weighted by molar-refractivity contribution is 0.0694. The lowest BCUT2D eigenvalue weighted by atomic mass is 10.1. The van der Waals surface area contributed by atoms with E-state index in [0.717, 1.165) is 5.56 Å². The second-order valence-corrected chi connectivity index (χ2v) is 4.99. The standard InChI is InChI=1S/C14H9BrN2O3.C2H6/c15-12-8-17(7-11(13(12)18)14(19)20)6-10-3-1-9(5-16)2-4-10;1-2/h1-4,7-8H,6H2,(H,19,20);1-2H3. The molecule has 1 aromatic heterocycles. The maximum absolute atomic E-state index is 11.6. The van der Waals surface area contributed by atoms with Gasteiger partial charge >= 0.3 is 5.97 Å². The maximum Gasteiger partial charge on any atom is 0.341 e. The van der Waals surface area contributed by atoms with Gasteiger partial charge in [-0.15, -0.1) is 0 Å². The third kappa shape index (κ3) is 4.30. The van der Waals surface area contributed by atoms with E-state index in [4.69, 9.17) is 10.4 Å². The molecule has 1 aromatic carbocycles. The van der Waals surface area contributed by atoms with Crippen molar-refractivity contribution in [1.82, 2.24) is 4.57 Å². The Morgan fingerprint density at radius 2 is 1.86 bits per heavy atom. The highest BCUT2D eigenvalue weighted by Gasteiger charge is 2.12. The number of nitriles is 1. The van der Waals surface area contributed by atoms with Gasteiger partial charge in [-0.2, -0.15) is 5.26 Å². The van der Waals surface area contributed by atoms with Crippen LogP contribution >= 0.6 is 15.9 Å². The lowest BCUT2D eigenvalue weighted by Gasteiger charge is -2.08. The van der Waals surface area contributed by atoms with Crippen LogP contribution in [0.5, 0.6) is 0 Å². The van der Waals surface area contributed by atoms with Gasteiger partial charge in [0.05, 0.1) is 16.1 Å². The molecule has 0 aliphatic rings. The van der Waals surface area contributed by atoms with Gasteiger partial charge in [-0.05, 0) is 33.6 Å². The maximum atomic E-state index is 11.6. The van der Waals surface area contributed by atoms with E-state index < -0.39 is 11.4 Å². The van der Waals surface area contributed by atoms with Crippen molar-refractivity contribution in [3.63, 3.8) is 0 Å². The number of nitrogens with zero attached hydrogens (tertiary/aromatic N) is 2. The minimum Gasteiger partial charge on any atom is -0.477 e. The number of halogens is 1. The minimum atomic E-state index is -1.26. The summed E-state index contributed by atoms with van der Waals surface area (Å²) in [6, 6.07) is 8.96. The fourth-order valence-electron chi connectivity index (χ4n) is 1.73. The molecule has 114 valence electrons. The van der Waals surface area contributed by atoms with Crippen molar-refractivity contribution in [2.45, 2.75) is 20.4 Å². The summed E-state index contributed by atoms with van der Waals surface area (Å²) in [5.41, 5.74) is 0.624. The highest BCUT2D eigenvalue weighted by Crippen LogP contribution is 2.10. The van der Waals surface area contributed by atoms with Crippen molar-refractivity contribution >= 4 is 21.9 Å². The Kier molecular flexibility index (Phi) is 6.54. The van der Waals surface area contributed by atoms with Gasteiger partial charge in [0.2, 0.25) is 5.43 Å². The molecule has 0 atom stereocenters. The number of hydrogen-bond acceptors (Lipinski definition) is 3. The van der Waals surface area contributed by atoms with Crippen LogP contribution in [0.4, 0.5) is 0 Å². The molecule has 0 radical (unpaired) electrons. The van der Waals surface area contributed by atoms with Gasteiger partial charge < -0.3 is 9.67 Å². The molecule has 0 spiro atoms. The fraction of sp³-hybridized carbons (Fsp3) is 0.188. The zero-order valence-corrected chi connectivity index (χ0v) is 13.8. The van der Waals surface area contributed by atoms with Crippen molar-refractivity contribution in [1.29, 1.82) is 5.26 Å². The Balaban J connectivity index is 0.00000116. The Morgan fingerprint density at radius 1 is 1.27 bits per heavy atom. The smallest absolute Gasteiger partial charge is 0.341 e. The molecule has 0 saturated heterocycles. The van der Waals surface area contributed by atoms with Gasteiger partial charge in [0.25, 0.3) is 0 Å². The third-order valence-electron chi connectivity index (χ3n) is 2.71. The first-order valence-electron chi connectivity index (χ1n) is 6.63. The molecule has 0 unspecified atom stereocenters. The second kappa shape index (κ2) is 8.15. The molecule has 0 aliphatic carbocycles. The molecule has 1 N–H and O–H groups in total. The molecule has 0 bridgehead atoms. The van der Waals surface area contributed by atoms with Crippen LogP contribution in [0.3, 0.4) is 0 Å². The van der Waals surface area contributed by atoms with E-state index in [1.807, 2.05) is 19.9 Å². The van der Waals surface area contributed by atoms with Gasteiger partial charge in [0.15, 0.2) is 0 Å². The van der Waals surface area contributed by atoms with Crippen molar-refractivity contribution in [3.8, 4) is 6.07 Å². The zero-order chi connectivity index (χ0) is 16.7. The first kappa shape index (κ1) is 17.7. The Labute approximate surface area is 136 Å². The molecule has 22 heavy (non-hydrogen) atoms. The highest BCUT2D eigenvalue weighted by molar-refractivity contribution is 9.10. The van der Waals surface area contributed by atoms with Crippen molar-refractivity contribution in [2.24, 2.45) is 0 Å². The van der Waals surface area contributed by atoms with Gasteiger partial charge in [0.1, 0.15) is 5.56 Å². The number of carboxylic acids is 1. The zero-order valence-electron chi connectivity index (χ0n) is 12.2. The summed E-state index contributed by atoms with van der Waals surface area (Å²) < 4.78 is 1.81. The molecule has 0 fully saturated rings. The molecule has 2 aromatic rings. The summed E-state index contributed by atoms with van der Waals surface area (Å²) in [6.07, 6.45) is 2.83. The predicted octanol–water partition coefficient (Wildman–Crippen LogP) is 3.26. The third-order valence-corrected chi connectivity index (χ3v) is 3.28. The molecule has 0 aliphatic heterocycles. The van der Waals surface area contributed by atoms with E-state index in [0.29, 0.717) is 12.1 Å². The first-order valence-corrected chi connectivity index (χ1v) is 7.42. The van der Waals surface area contributed by atoms with E-state index in [9.17, 15) is 9.59 Å². The number of carbonyl (C=O) groups is 1. The normalized spacial score (nSPS) is 9.36. The molecule has 0 saturated carbocycles. The van der Waals surface area contributed by atoms with Crippen LogP contribution in [-0.4, -0.2) is 15.6 Å². The summed E-state index contributed by atoms with van der Waals surface area (Å²) in [6.45, 7) is 4.41. The fourth-order valence-corrected chi connectivity index (χ4v) is 2.21. The topological polar surface area (TPSA) is 83.1 Å². The van der Waals surface area contributed by atoms with Crippen molar-refractivity contribution < 1.29 is 9.90 Å². The first-order chi connectivity index (χ1) is 10.5. The molecule has 5 nitrogen and oxygen atoms in total. The number of hydrogen-bond donors (Lipinski definition) is 1. The Bertz CT molecular complexity index is 758. The number of aromatic nitrogens is 1. The molecule has 0 amide bonds. The van der Waals surface area contributed by atoms with Crippen LogP contribution in [0.2, 0.25) is 0 Å². The Morgan fingerprint density at radius 3 is 2.36 bits per heavy atom. The predicted molar refractivity (Wildman–Crippen MR) is 87.0 cm³/mol. The van der Waals surface area contributed by atoms with Gasteiger partial charge in [-0.1, -0.05) is 26.0 Å². The number of carboxylic acid groups (broad SMARTS) is 1. The minimum absolute atomic E-state index is 0.200. The number of benzene rings is 1. The summed E-state index contributed by atoms with van der Waals surface area (Å²) in [4.78, 5) is 22.6. The van der Waals surface area contributed by atoms with Crippen molar-refractivity contribution in [3.05, 3.63) is 68.0 Å². The van der Waals surface area contributed by atoms with Crippen LogP contribution in [-0.2, 0) is 6.54 Å². The van der Waals surface area contributed by atoms with E-state index in [1.165, 1.54) is 12.4 Å². The van der Waals surface area contributed by atoms with Crippen LogP contribution < -0.4 is 5.43 Å². The second-order valence-electron chi connectivity index (χ2n) is 4.14. The quantitative estimate of drug-likeness (QED) is 0.907. The van der Waals surface area contributed by atoms with Crippen LogP contribution in [0.15, 0.2) is 45.9 Å². The molecule has 1 heterocycles. The van der Waals surface area contributed by atoms with Crippen LogP contribution in [0.1, 0.15) is 35.3 Å². The van der Waals surface area contributed by atoms with E-state index in [-0.39, 0.29) is 10.0 Å². The highest BCUT2D eigenvalue weighted by atomic mass is 79.9. The number of pyridine rings is 1. The Hall–Kier alpha value is -2.39. The van der Waals surface area contributed by atoms with E-state index in [1.54, 1.807) is 28.8 Å². The lowest BCUT2D eigenvalue weighted by Crippen LogP contribution is -2.18. The van der Waals surface area contributed by atoms with Crippen molar-refractivity contribution in [2.75, 3.05) is 0 Å². The molecular formula is C16H15BrN2O3. The monoisotopic (exact) mass is 362 g/mol. The molecule has 6 heteroatoms. The summed E-state index contributed by atoms with van der Waals surface area (Å²) in [5.74, 6) is -1.26. The molecule has 2 rings (SSSR count). The largest absolute Gasteiger partial charge is 0.477 e. The number of aromatic carboxylic acids is 1. The molecular weight excluding hydrogens is 348 g/mol. The number of rotatable bonds is 3. The average Bonchev–Trinajstić information content (AvgIpc) is 2.53. The van der Waals surface area contributed by atoms with Crippen LogP contribution in [0.25, 0.3) is 0 Å². The summed E-state index contributed by atoms with van der Waals surface area (Å²) in [5, 5.41) is 17.7.